The van der Waals surface area contributed by atoms with Crippen molar-refractivity contribution in [2.24, 2.45) is 10.9 Å². The van der Waals surface area contributed by atoms with Crippen molar-refractivity contribution in [2.45, 2.75) is 63.4 Å². The molecule has 170 valence electrons. The molecule has 1 aromatic carbocycles. The summed E-state index contributed by atoms with van der Waals surface area (Å²) in [4.78, 5) is 36.3. The molecule has 0 radical (unpaired) electrons. The summed E-state index contributed by atoms with van der Waals surface area (Å²) in [5.74, 6) is -1.32. The van der Waals surface area contributed by atoms with Gasteiger partial charge in [-0.2, -0.15) is 0 Å². The molecule has 0 saturated heterocycles. The zero-order valence-corrected chi connectivity index (χ0v) is 19.4. The van der Waals surface area contributed by atoms with Gasteiger partial charge in [0.25, 0.3) is 0 Å². The molecule has 0 N–H and O–H groups in total. The summed E-state index contributed by atoms with van der Waals surface area (Å²) in [7, 11) is 0. The Labute approximate surface area is 198 Å². The van der Waals surface area contributed by atoms with Crippen LogP contribution in [-0.4, -0.2) is 28.6 Å². The van der Waals surface area contributed by atoms with Crippen LogP contribution in [-0.2, 0) is 14.3 Å². The van der Waals surface area contributed by atoms with E-state index in [1.807, 2.05) is 49.4 Å². The van der Waals surface area contributed by atoms with Crippen molar-refractivity contribution < 1.29 is 14.3 Å². The van der Waals surface area contributed by atoms with E-state index < -0.39 is 11.8 Å². The van der Waals surface area contributed by atoms with Gasteiger partial charge in [-0.3, -0.25) is 19.6 Å². The van der Waals surface area contributed by atoms with Crippen LogP contribution in [0.1, 0.15) is 68.5 Å². The smallest absolute Gasteiger partial charge is 0.315 e. The third kappa shape index (κ3) is 4.39. The molecule has 3 aliphatic rings. The fourth-order valence-corrected chi connectivity index (χ4v) is 5.58. The van der Waals surface area contributed by atoms with Crippen molar-refractivity contribution in [1.82, 2.24) is 4.98 Å². The second-order valence-corrected chi connectivity index (χ2v) is 9.68. The molecule has 5 rings (SSSR count). The molecule has 0 amide bonds. The van der Waals surface area contributed by atoms with Crippen LogP contribution in [0.4, 0.5) is 0 Å². The minimum Gasteiger partial charge on any atom is -0.462 e. The number of ketones is 1. The average Bonchev–Trinajstić information content (AvgIpc) is 3.32. The molecule has 0 spiro atoms. The number of allylic oxidation sites excluding steroid dienone is 2. The monoisotopic (exact) mass is 462 g/mol. The Morgan fingerprint density at radius 3 is 2.52 bits per heavy atom. The predicted octanol–water partition coefficient (Wildman–Crippen LogP) is 5.80. The second kappa shape index (κ2) is 9.22. The normalized spacial score (nSPS) is 25.6. The van der Waals surface area contributed by atoms with Gasteiger partial charge in [0.15, 0.2) is 5.78 Å². The van der Waals surface area contributed by atoms with E-state index in [0.29, 0.717) is 34.8 Å². The molecule has 33 heavy (non-hydrogen) atoms. The maximum Gasteiger partial charge on any atom is 0.315 e. The predicted molar refractivity (Wildman–Crippen MR) is 127 cm³/mol. The number of hydrogen-bond donors (Lipinski definition) is 0. The minimum absolute atomic E-state index is 0.0294. The molecule has 1 aliphatic heterocycles. The molecule has 2 heterocycles. The number of Topliss-reactive ketones (excluding diaryl/α,β-unsaturated/α-hetero) is 1. The number of pyridine rings is 1. The molecule has 2 aromatic rings. The number of hydrogen-bond acceptors (Lipinski definition) is 5. The lowest BCUT2D eigenvalue weighted by Gasteiger charge is -2.36. The van der Waals surface area contributed by atoms with Crippen LogP contribution in [0.2, 0.25) is 5.02 Å². The van der Waals surface area contributed by atoms with E-state index in [1.165, 1.54) is 0 Å². The number of aliphatic imine (C=N–C) groups is 1. The number of esters is 1. The van der Waals surface area contributed by atoms with Crippen LogP contribution in [0, 0.1) is 5.92 Å². The van der Waals surface area contributed by atoms with Crippen molar-refractivity contribution in [2.75, 3.05) is 0 Å². The van der Waals surface area contributed by atoms with Gasteiger partial charge in [0.1, 0.15) is 12.0 Å². The molecule has 1 fully saturated rings. The first kappa shape index (κ1) is 22.0. The van der Waals surface area contributed by atoms with Crippen molar-refractivity contribution >= 4 is 29.1 Å². The van der Waals surface area contributed by atoms with Gasteiger partial charge in [0.2, 0.25) is 0 Å². The van der Waals surface area contributed by atoms with E-state index in [9.17, 15) is 9.59 Å². The summed E-state index contributed by atoms with van der Waals surface area (Å²) in [6.45, 7) is 1.87. The fourth-order valence-electron chi connectivity index (χ4n) is 5.46. The topological polar surface area (TPSA) is 68.6 Å². The van der Waals surface area contributed by atoms with Crippen molar-refractivity contribution in [1.29, 1.82) is 0 Å². The highest BCUT2D eigenvalue weighted by Gasteiger charge is 2.45. The number of aromatic nitrogens is 1. The van der Waals surface area contributed by atoms with Crippen LogP contribution < -0.4 is 0 Å². The molecule has 6 heteroatoms. The standard InChI is InChI=1S/C27H27ClN2O3/c1-16-24(27(32)33-20-6-2-3-7-20)26(21-8-4-5-13-29-21)25-22(30-16)14-18(15-23(25)31)17-9-11-19(28)12-10-17/h4-5,8-13,18,20,24,26H,2-3,6-7,14-15H2,1H3/t18-,24?,26-/m0/s1. The molecule has 0 bridgehead atoms. The minimum atomic E-state index is -0.629. The quantitative estimate of drug-likeness (QED) is 0.539. The summed E-state index contributed by atoms with van der Waals surface area (Å²) in [6.07, 6.45) is 6.66. The number of ether oxygens (including phenoxy) is 1. The molecule has 5 nitrogen and oxygen atoms in total. The summed E-state index contributed by atoms with van der Waals surface area (Å²) in [5, 5.41) is 0.672. The van der Waals surface area contributed by atoms with Crippen molar-refractivity contribution in [3.05, 3.63) is 76.2 Å². The Bertz CT molecular complexity index is 1120. The Kier molecular flexibility index (Phi) is 6.15. The fraction of sp³-hybridized carbons (Fsp3) is 0.407. The lowest BCUT2D eigenvalue weighted by atomic mass is 9.70. The number of carbonyl (C=O) groups is 2. The molecule has 3 atom stereocenters. The highest BCUT2D eigenvalue weighted by atomic mass is 35.5. The van der Waals surface area contributed by atoms with E-state index in [1.54, 1.807) is 6.20 Å². The highest BCUT2D eigenvalue weighted by molar-refractivity contribution is 6.30. The lowest BCUT2D eigenvalue weighted by molar-refractivity contribution is -0.151. The summed E-state index contributed by atoms with van der Waals surface area (Å²) in [5.41, 5.74) is 3.87. The second-order valence-electron chi connectivity index (χ2n) is 9.25. The summed E-state index contributed by atoms with van der Waals surface area (Å²) in [6, 6.07) is 13.3. The first-order valence-electron chi connectivity index (χ1n) is 11.7. The summed E-state index contributed by atoms with van der Waals surface area (Å²) < 4.78 is 5.90. The van der Waals surface area contributed by atoms with Gasteiger partial charge in [-0.05, 0) is 74.8 Å². The van der Waals surface area contributed by atoms with Crippen LogP contribution in [0.15, 0.2) is 64.9 Å². The SMILES string of the molecule is CC1=NC2=C(C(=O)C[C@@H](c3ccc(Cl)cc3)C2)[C@@H](c2ccccn2)C1C(=O)OC1CCCC1. The lowest BCUT2D eigenvalue weighted by Crippen LogP contribution is -2.39. The number of benzene rings is 1. The average molecular weight is 463 g/mol. The Morgan fingerprint density at radius 1 is 1.06 bits per heavy atom. The van der Waals surface area contributed by atoms with Gasteiger partial charge in [-0.15, -0.1) is 0 Å². The number of halogens is 1. The third-order valence-electron chi connectivity index (χ3n) is 7.08. The van der Waals surface area contributed by atoms with Crippen LogP contribution in [0.3, 0.4) is 0 Å². The molecule has 1 saturated carbocycles. The van der Waals surface area contributed by atoms with Gasteiger partial charge >= 0.3 is 5.97 Å². The van der Waals surface area contributed by atoms with E-state index >= 15 is 0 Å². The van der Waals surface area contributed by atoms with Gasteiger partial charge in [-0.1, -0.05) is 29.8 Å². The van der Waals surface area contributed by atoms with Gasteiger partial charge in [0, 0.05) is 40.3 Å². The van der Waals surface area contributed by atoms with E-state index in [-0.39, 0.29) is 23.8 Å². The Morgan fingerprint density at radius 2 is 1.82 bits per heavy atom. The first-order chi connectivity index (χ1) is 16.0. The molecule has 1 aromatic heterocycles. The van der Waals surface area contributed by atoms with Crippen molar-refractivity contribution in [3.8, 4) is 0 Å². The van der Waals surface area contributed by atoms with E-state index in [0.717, 1.165) is 36.9 Å². The maximum atomic E-state index is 13.5. The van der Waals surface area contributed by atoms with Gasteiger partial charge < -0.3 is 4.74 Å². The number of carbonyl (C=O) groups excluding carboxylic acids is 2. The molecule has 1 unspecified atom stereocenters. The molecular weight excluding hydrogens is 436 g/mol. The van der Waals surface area contributed by atoms with E-state index in [2.05, 4.69) is 4.98 Å². The van der Waals surface area contributed by atoms with Gasteiger partial charge in [-0.25, -0.2) is 0 Å². The summed E-state index contributed by atoms with van der Waals surface area (Å²) >= 11 is 6.05. The molecule has 2 aliphatic carbocycles. The maximum absolute atomic E-state index is 13.5. The molecular formula is C27H27ClN2O3. The van der Waals surface area contributed by atoms with Crippen LogP contribution >= 0.6 is 11.6 Å². The van der Waals surface area contributed by atoms with E-state index in [4.69, 9.17) is 21.3 Å². The zero-order chi connectivity index (χ0) is 22.9. The first-order valence-corrected chi connectivity index (χ1v) is 12.1. The Hall–Kier alpha value is -2.79. The van der Waals surface area contributed by atoms with Crippen LogP contribution in [0.5, 0.6) is 0 Å². The third-order valence-corrected chi connectivity index (χ3v) is 7.33. The zero-order valence-electron chi connectivity index (χ0n) is 18.7. The number of rotatable bonds is 4. The Balaban J connectivity index is 1.52. The van der Waals surface area contributed by atoms with Gasteiger partial charge in [0.05, 0.1) is 5.92 Å². The highest BCUT2D eigenvalue weighted by Crippen LogP contribution is 2.46. The van der Waals surface area contributed by atoms with Crippen LogP contribution in [0.25, 0.3) is 0 Å². The number of nitrogens with zero attached hydrogens (tertiary/aromatic N) is 2. The van der Waals surface area contributed by atoms with Crippen molar-refractivity contribution in [3.63, 3.8) is 0 Å². The largest absolute Gasteiger partial charge is 0.462 e.